The Bertz CT molecular complexity index is 725. The summed E-state index contributed by atoms with van der Waals surface area (Å²) in [6.45, 7) is 10.5. The molecule has 0 radical (unpaired) electrons. The molecule has 2 aromatic rings. The molecule has 0 fully saturated rings. The summed E-state index contributed by atoms with van der Waals surface area (Å²) in [5, 5.41) is 2.40. The highest BCUT2D eigenvalue weighted by Crippen LogP contribution is 2.36. The molecule has 0 spiro atoms. The third-order valence-corrected chi connectivity index (χ3v) is 4.57. The average Bonchev–Trinajstić information content (AvgIpc) is 2.62. The van der Waals surface area contributed by atoms with Crippen LogP contribution in [0.5, 0.6) is 17.2 Å². The maximum atomic E-state index is 5.84. The van der Waals surface area contributed by atoms with Crippen molar-refractivity contribution >= 4 is 0 Å². The Morgan fingerprint density at radius 3 is 2.27 bits per heavy atom. The number of hydrogen-bond acceptors (Lipinski definition) is 3. The lowest BCUT2D eigenvalue weighted by atomic mass is 9.89. The van der Waals surface area contributed by atoms with Gasteiger partial charge in [0.1, 0.15) is 11.8 Å². The van der Waals surface area contributed by atoms with Crippen molar-refractivity contribution in [2.24, 2.45) is 0 Å². The van der Waals surface area contributed by atoms with Gasteiger partial charge in [0.05, 0.1) is 25.9 Å². The van der Waals surface area contributed by atoms with Crippen molar-refractivity contribution in [2.45, 2.75) is 46.3 Å². The minimum Gasteiger partial charge on any atom is -0.491 e. The molecule has 140 valence electrons. The first kappa shape index (κ1) is 18.6. The van der Waals surface area contributed by atoms with Crippen molar-refractivity contribution in [2.75, 3.05) is 19.8 Å². The van der Waals surface area contributed by atoms with Gasteiger partial charge < -0.3 is 19.5 Å². The van der Waals surface area contributed by atoms with E-state index in [2.05, 4.69) is 41.7 Å². The molecule has 1 aliphatic rings. The van der Waals surface area contributed by atoms with Crippen LogP contribution in [0.25, 0.3) is 0 Å². The zero-order chi connectivity index (χ0) is 18.5. The van der Waals surface area contributed by atoms with E-state index in [4.69, 9.17) is 14.2 Å². The van der Waals surface area contributed by atoms with Gasteiger partial charge in [0, 0.05) is 17.5 Å². The van der Waals surface area contributed by atoms with Crippen LogP contribution in [0.4, 0.5) is 0 Å². The molecule has 4 nitrogen and oxygen atoms in total. The van der Waals surface area contributed by atoms with E-state index >= 15 is 0 Å². The summed E-state index contributed by atoms with van der Waals surface area (Å²) in [6, 6.07) is 13.1. The number of ether oxygens (including phenoxy) is 3. The smallest absolute Gasteiger partial charge is 0.161 e. The minimum atomic E-state index is 0.188. The van der Waals surface area contributed by atoms with Crippen molar-refractivity contribution in [3.05, 3.63) is 53.1 Å². The van der Waals surface area contributed by atoms with E-state index in [1.807, 2.05) is 27.7 Å². The molecule has 4 heteroatoms. The minimum absolute atomic E-state index is 0.188. The molecule has 26 heavy (non-hydrogen) atoms. The second-order valence-corrected chi connectivity index (χ2v) is 6.85. The molecule has 1 aliphatic heterocycles. The number of quaternary nitrogens is 1. The monoisotopic (exact) mass is 356 g/mol. The van der Waals surface area contributed by atoms with Crippen LogP contribution in [-0.4, -0.2) is 25.9 Å². The Balaban J connectivity index is 1.93. The molecule has 0 aliphatic carbocycles. The van der Waals surface area contributed by atoms with Gasteiger partial charge in [-0.2, -0.15) is 0 Å². The van der Waals surface area contributed by atoms with Crippen molar-refractivity contribution in [1.82, 2.24) is 0 Å². The molecule has 3 rings (SSSR count). The summed E-state index contributed by atoms with van der Waals surface area (Å²) < 4.78 is 17.4. The average molecular weight is 356 g/mol. The van der Waals surface area contributed by atoms with E-state index < -0.39 is 0 Å². The number of fused-ring (bicyclic) bond motifs is 1. The van der Waals surface area contributed by atoms with Gasteiger partial charge in [-0.05, 0) is 69.7 Å². The maximum Gasteiger partial charge on any atom is 0.161 e. The Kier molecular flexibility index (Phi) is 6.04. The zero-order valence-electron chi connectivity index (χ0n) is 16.2. The zero-order valence-corrected chi connectivity index (χ0v) is 16.2. The van der Waals surface area contributed by atoms with E-state index in [0.29, 0.717) is 13.2 Å². The number of hydrogen-bond donors (Lipinski definition) is 1. The van der Waals surface area contributed by atoms with Crippen LogP contribution in [0.15, 0.2) is 36.4 Å². The quantitative estimate of drug-likeness (QED) is 0.826. The molecule has 0 saturated carbocycles. The summed E-state index contributed by atoms with van der Waals surface area (Å²) in [5.41, 5.74) is 3.96. The molecular weight excluding hydrogens is 326 g/mol. The van der Waals surface area contributed by atoms with Gasteiger partial charge >= 0.3 is 0 Å². The van der Waals surface area contributed by atoms with Crippen molar-refractivity contribution in [3.8, 4) is 17.2 Å². The standard InChI is InChI=1S/C22H29NO3/c1-5-24-20-13-17-11-12-23-22(19(17)14-21(20)25-6-2)16-7-9-18(10-8-16)26-15(3)4/h7-10,13-15,22-23H,5-6,11-12H2,1-4H3/p+1/t22-/m1/s1. The summed E-state index contributed by atoms with van der Waals surface area (Å²) in [4.78, 5) is 0. The Labute approximate surface area is 156 Å². The fourth-order valence-corrected chi connectivity index (χ4v) is 3.53. The van der Waals surface area contributed by atoms with Crippen LogP contribution < -0.4 is 19.5 Å². The predicted molar refractivity (Wildman–Crippen MR) is 103 cm³/mol. The van der Waals surface area contributed by atoms with Gasteiger partial charge in [0.2, 0.25) is 0 Å². The SMILES string of the molecule is CCOc1cc2c(cc1OCC)[C@@H](c1ccc(OC(C)C)cc1)[NH2+]CC2. The van der Waals surface area contributed by atoms with E-state index in [1.165, 1.54) is 16.7 Å². The Morgan fingerprint density at radius 2 is 1.65 bits per heavy atom. The van der Waals surface area contributed by atoms with Gasteiger partial charge in [0.15, 0.2) is 11.5 Å². The second kappa shape index (κ2) is 8.45. The lowest BCUT2D eigenvalue weighted by Crippen LogP contribution is -2.87. The molecule has 0 amide bonds. The molecule has 1 atom stereocenters. The molecular formula is C22H30NO3+. The lowest BCUT2D eigenvalue weighted by molar-refractivity contribution is -0.690. The largest absolute Gasteiger partial charge is 0.491 e. The highest BCUT2D eigenvalue weighted by atomic mass is 16.5. The summed E-state index contributed by atoms with van der Waals surface area (Å²) in [7, 11) is 0. The van der Waals surface area contributed by atoms with Gasteiger partial charge in [-0.15, -0.1) is 0 Å². The molecule has 2 aromatic carbocycles. The lowest BCUT2D eigenvalue weighted by Gasteiger charge is -2.26. The highest BCUT2D eigenvalue weighted by molar-refractivity contribution is 5.50. The third kappa shape index (κ3) is 4.13. The molecule has 1 heterocycles. The van der Waals surface area contributed by atoms with E-state index in [1.54, 1.807) is 0 Å². The third-order valence-electron chi connectivity index (χ3n) is 4.57. The molecule has 0 saturated heterocycles. The molecule has 2 N–H and O–H groups in total. The van der Waals surface area contributed by atoms with Crippen LogP contribution in [0, 0.1) is 0 Å². The molecule has 0 bridgehead atoms. The number of benzene rings is 2. The topological polar surface area (TPSA) is 44.3 Å². The van der Waals surface area contributed by atoms with Crippen LogP contribution >= 0.6 is 0 Å². The second-order valence-electron chi connectivity index (χ2n) is 6.85. The van der Waals surface area contributed by atoms with Crippen LogP contribution in [-0.2, 0) is 6.42 Å². The number of nitrogens with two attached hydrogens (primary N) is 1. The van der Waals surface area contributed by atoms with Crippen LogP contribution in [0.2, 0.25) is 0 Å². The Hall–Kier alpha value is -2.20. The van der Waals surface area contributed by atoms with E-state index in [-0.39, 0.29) is 12.1 Å². The van der Waals surface area contributed by atoms with Crippen LogP contribution in [0.3, 0.4) is 0 Å². The first-order chi connectivity index (χ1) is 12.6. The van der Waals surface area contributed by atoms with Crippen molar-refractivity contribution < 1.29 is 19.5 Å². The van der Waals surface area contributed by atoms with Gasteiger partial charge in [-0.1, -0.05) is 0 Å². The first-order valence-corrected chi connectivity index (χ1v) is 9.64. The fourth-order valence-electron chi connectivity index (χ4n) is 3.53. The summed E-state index contributed by atoms with van der Waals surface area (Å²) in [5.74, 6) is 2.61. The highest BCUT2D eigenvalue weighted by Gasteiger charge is 2.27. The van der Waals surface area contributed by atoms with Gasteiger partial charge in [0.25, 0.3) is 0 Å². The van der Waals surface area contributed by atoms with Crippen molar-refractivity contribution in [1.29, 1.82) is 0 Å². The number of rotatable bonds is 7. The summed E-state index contributed by atoms with van der Waals surface area (Å²) >= 11 is 0. The van der Waals surface area contributed by atoms with Crippen LogP contribution in [0.1, 0.15) is 50.4 Å². The van der Waals surface area contributed by atoms with Gasteiger partial charge in [-0.3, -0.25) is 0 Å². The van der Waals surface area contributed by atoms with E-state index in [0.717, 1.165) is 30.2 Å². The molecule has 0 unspecified atom stereocenters. The fraction of sp³-hybridized carbons (Fsp3) is 0.455. The summed E-state index contributed by atoms with van der Waals surface area (Å²) in [6.07, 6.45) is 1.24. The normalized spacial score (nSPS) is 16.3. The predicted octanol–water partition coefficient (Wildman–Crippen LogP) is 3.48. The maximum absolute atomic E-state index is 5.84. The van der Waals surface area contributed by atoms with E-state index in [9.17, 15) is 0 Å². The van der Waals surface area contributed by atoms with Gasteiger partial charge in [-0.25, -0.2) is 0 Å². The Morgan fingerprint density at radius 1 is 1.00 bits per heavy atom. The molecule has 0 aromatic heterocycles. The first-order valence-electron chi connectivity index (χ1n) is 9.64. The van der Waals surface area contributed by atoms with Crippen molar-refractivity contribution in [3.63, 3.8) is 0 Å².